The van der Waals surface area contributed by atoms with Gasteiger partial charge in [-0.1, -0.05) is 18.6 Å². The van der Waals surface area contributed by atoms with Crippen molar-refractivity contribution in [2.75, 3.05) is 30.8 Å². The van der Waals surface area contributed by atoms with E-state index >= 15 is 0 Å². The van der Waals surface area contributed by atoms with Gasteiger partial charge in [-0.3, -0.25) is 4.79 Å². The minimum absolute atomic E-state index is 0. The van der Waals surface area contributed by atoms with Crippen LogP contribution in [0.15, 0.2) is 24.3 Å². The summed E-state index contributed by atoms with van der Waals surface area (Å²) in [6, 6.07) is 8.67. The summed E-state index contributed by atoms with van der Waals surface area (Å²) in [5.74, 6) is 0.411. The van der Waals surface area contributed by atoms with E-state index in [1.165, 1.54) is 0 Å². The van der Waals surface area contributed by atoms with E-state index in [1.807, 2.05) is 18.2 Å². The molecule has 1 aliphatic carbocycles. The first kappa shape index (κ1) is 23.0. The van der Waals surface area contributed by atoms with Gasteiger partial charge in [0.25, 0.3) is 0 Å². The molecule has 1 amide bonds. The van der Waals surface area contributed by atoms with Gasteiger partial charge in [-0.15, -0.1) is 24.8 Å². The topological polar surface area (TPSA) is 70.4 Å². The van der Waals surface area contributed by atoms with E-state index in [4.69, 9.17) is 5.73 Å². The average molecular weight is 403 g/mol. The number of nitrogens with two attached hydrogens (primary N) is 1. The Hall–Kier alpha value is -1.01. The molecule has 1 saturated carbocycles. The Labute approximate surface area is 169 Å². The minimum atomic E-state index is 0. The average Bonchev–Trinajstić information content (AvgIpc) is 2.96. The monoisotopic (exact) mass is 402 g/mol. The van der Waals surface area contributed by atoms with E-state index in [9.17, 15) is 4.79 Å². The van der Waals surface area contributed by atoms with Gasteiger partial charge in [-0.05, 0) is 63.9 Å². The van der Waals surface area contributed by atoms with Crippen LogP contribution in [0.5, 0.6) is 0 Å². The summed E-state index contributed by atoms with van der Waals surface area (Å²) in [5.41, 5.74) is 8.00. The highest BCUT2D eigenvalue weighted by Gasteiger charge is 2.26. The Kier molecular flexibility index (Phi) is 9.72. The number of halogens is 2. The molecule has 148 valence electrons. The fourth-order valence-electron chi connectivity index (χ4n) is 3.85. The summed E-state index contributed by atoms with van der Waals surface area (Å²) >= 11 is 0. The molecular formula is C19H32Cl2N4O. The van der Waals surface area contributed by atoms with Crippen molar-refractivity contribution in [1.29, 1.82) is 0 Å². The number of carbonyl (C=O) groups excluding carboxylic acids is 1. The quantitative estimate of drug-likeness (QED) is 0.704. The molecule has 3 rings (SSSR count). The molecule has 1 aromatic rings. The van der Waals surface area contributed by atoms with Crippen LogP contribution in [0, 0.1) is 5.92 Å². The maximum atomic E-state index is 12.4. The van der Waals surface area contributed by atoms with Crippen LogP contribution in [-0.2, 0) is 4.79 Å². The number of hydrogen-bond donors (Lipinski definition) is 3. The third-order valence-electron chi connectivity index (χ3n) is 5.44. The Morgan fingerprint density at radius 2 is 1.77 bits per heavy atom. The van der Waals surface area contributed by atoms with Crippen LogP contribution in [0.4, 0.5) is 11.4 Å². The summed E-state index contributed by atoms with van der Waals surface area (Å²) in [6.45, 7) is 2.23. The van der Waals surface area contributed by atoms with Crippen LogP contribution in [0.25, 0.3) is 0 Å². The van der Waals surface area contributed by atoms with Gasteiger partial charge in [0.2, 0.25) is 5.91 Å². The fraction of sp³-hybridized carbons (Fsp3) is 0.632. The van der Waals surface area contributed by atoms with Crippen LogP contribution in [-0.4, -0.2) is 43.0 Å². The lowest BCUT2D eigenvalue weighted by molar-refractivity contribution is -0.117. The fourth-order valence-corrected chi connectivity index (χ4v) is 3.85. The molecule has 1 saturated heterocycles. The molecule has 2 fully saturated rings. The number of amides is 1. The molecule has 7 heteroatoms. The molecule has 0 bridgehead atoms. The molecular weight excluding hydrogens is 371 g/mol. The highest BCUT2D eigenvalue weighted by molar-refractivity contribution is 5.94. The van der Waals surface area contributed by atoms with Crippen molar-refractivity contribution in [3.8, 4) is 0 Å². The van der Waals surface area contributed by atoms with Gasteiger partial charge in [0, 0.05) is 18.5 Å². The van der Waals surface area contributed by atoms with Gasteiger partial charge in [0.05, 0.1) is 11.4 Å². The standard InChI is InChI=1S/C19H30N4O.2ClH/c1-23-11-9-15(10-12-23)21-17-7-2-3-8-18(17)22-19(24)13-14-5-4-6-16(14)20;;/h2-3,7-8,14-16,21H,4-6,9-13,20H2,1H3,(H,22,24);2*1H/t14-,16+;;/m0../s1. The first-order chi connectivity index (χ1) is 11.6. The van der Waals surface area contributed by atoms with E-state index < -0.39 is 0 Å². The number of carbonyl (C=O) groups is 1. The maximum Gasteiger partial charge on any atom is 0.224 e. The summed E-state index contributed by atoms with van der Waals surface area (Å²) in [7, 11) is 2.16. The summed E-state index contributed by atoms with van der Waals surface area (Å²) in [4.78, 5) is 14.8. The Balaban J connectivity index is 0.00000169. The Morgan fingerprint density at radius 3 is 2.38 bits per heavy atom. The van der Waals surface area contributed by atoms with Crippen molar-refractivity contribution in [2.24, 2.45) is 11.7 Å². The second-order valence-electron chi connectivity index (χ2n) is 7.37. The van der Waals surface area contributed by atoms with Crippen LogP contribution in [0.2, 0.25) is 0 Å². The first-order valence-electron chi connectivity index (χ1n) is 9.21. The molecule has 1 aromatic carbocycles. The van der Waals surface area contributed by atoms with Gasteiger partial charge in [0.15, 0.2) is 0 Å². The summed E-state index contributed by atoms with van der Waals surface area (Å²) in [6.07, 6.45) is 6.07. The molecule has 0 aromatic heterocycles. The zero-order valence-electron chi connectivity index (χ0n) is 15.4. The molecule has 26 heavy (non-hydrogen) atoms. The predicted molar refractivity (Wildman–Crippen MR) is 114 cm³/mol. The smallest absolute Gasteiger partial charge is 0.224 e. The van der Waals surface area contributed by atoms with Crippen molar-refractivity contribution in [2.45, 2.75) is 50.6 Å². The number of piperidine rings is 1. The number of benzene rings is 1. The van der Waals surface area contributed by atoms with Crippen LogP contribution in [0.1, 0.15) is 38.5 Å². The normalized spacial score (nSPS) is 23.6. The zero-order valence-corrected chi connectivity index (χ0v) is 17.1. The molecule has 1 aliphatic heterocycles. The van der Waals surface area contributed by atoms with E-state index in [-0.39, 0.29) is 36.8 Å². The largest absolute Gasteiger partial charge is 0.381 e. The third-order valence-corrected chi connectivity index (χ3v) is 5.44. The molecule has 1 heterocycles. The van der Waals surface area contributed by atoms with Crippen LogP contribution < -0.4 is 16.4 Å². The lowest BCUT2D eigenvalue weighted by Gasteiger charge is -2.30. The number of nitrogens with zero attached hydrogens (tertiary/aromatic N) is 1. The second kappa shape index (κ2) is 11.0. The van der Waals surface area contributed by atoms with Crippen molar-refractivity contribution < 1.29 is 4.79 Å². The van der Waals surface area contributed by atoms with E-state index in [2.05, 4.69) is 28.6 Å². The molecule has 0 radical (unpaired) electrons. The number of likely N-dealkylation sites (tertiary alicyclic amines) is 1. The van der Waals surface area contributed by atoms with E-state index in [1.54, 1.807) is 0 Å². The maximum absolute atomic E-state index is 12.4. The number of para-hydroxylation sites is 2. The van der Waals surface area contributed by atoms with Crippen molar-refractivity contribution in [3.05, 3.63) is 24.3 Å². The molecule has 2 atom stereocenters. The number of nitrogens with one attached hydrogen (secondary N) is 2. The van der Waals surface area contributed by atoms with Crippen molar-refractivity contribution >= 4 is 42.1 Å². The van der Waals surface area contributed by atoms with Crippen molar-refractivity contribution in [1.82, 2.24) is 4.90 Å². The SMILES string of the molecule is CN1CCC(Nc2ccccc2NC(=O)C[C@@H]2CCC[C@H]2N)CC1.Cl.Cl. The van der Waals surface area contributed by atoms with E-state index in [0.29, 0.717) is 18.4 Å². The molecule has 2 aliphatic rings. The van der Waals surface area contributed by atoms with Crippen LogP contribution >= 0.6 is 24.8 Å². The molecule has 4 N–H and O–H groups in total. The highest BCUT2D eigenvalue weighted by Crippen LogP contribution is 2.28. The van der Waals surface area contributed by atoms with Crippen molar-refractivity contribution in [3.63, 3.8) is 0 Å². The number of anilines is 2. The van der Waals surface area contributed by atoms with Gasteiger partial charge >= 0.3 is 0 Å². The number of hydrogen-bond acceptors (Lipinski definition) is 4. The van der Waals surface area contributed by atoms with E-state index in [0.717, 1.165) is 56.6 Å². The highest BCUT2D eigenvalue weighted by atomic mass is 35.5. The van der Waals surface area contributed by atoms with Crippen LogP contribution in [0.3, 0.4) is 0 Å². The molecule has 0 unspecified atom stereocenters. The Morgan fingerprint density at radius 1 is 1.12 bits per heavy atom. The zero-order chi connectivity index (χ0) is 16.9. The minimum Gasteiger partial charge on any atom is -0.381 e. The van der Waals surface area contributed by atoms with Gasteiger partial charge in [-0.25, -0.2) is 0 Å². The molecule has 0 spiro atoms. The first-order valence-corrected chi connectivity index (χ1v) is 9.21. The second-order valence-corrected chi connectivity index (χ2v) is 7.37. The van der Waals surface area contributed by atoms with Gasteiger partial charge in [0.1, 0.15) is 0 Å². The lowest BCUT2D eigenvalue weighted by Crippen LogP contribution is -2.36. The Bertz CT molecular complexity index is 564. The van der Waals surface area contributed by atoms with Gasteiger partial charge < -0.3 is 21.3 Å². The summed E-state index contributed by atoms with van der Waals surface area (Å²) < 4.78 is 0. The lowest BCUT2D eigenvalue weighted by atomic mass is 10.00. The third kappa shape index (κ3) is 6.31. The summed E-state index contributed by atoms with van der Waals surface area (Å²) in [5, 5.41) is 6.70. The molecule has 5 nitrogen and oxygen atoms in total. The number of rotatable bonds is 5. The van der Waals surface area contributed by atoms with Gasteiger partial charge in [-0.2, -0.15) is 0 Å². The predicted octanol–water partition coefficient (Wildman–Crippen LogP) is 3.49.